The summed E-state index contributed by atoms with van der Waals surface area (Å²) in [6.07, 6.45) is 5.96. The molecular formula is C15H22N2O. The number of rotatable bonds is 3. The molecule has 3 nitrogen and oxygen atoms in total. The molecule has 1 aliphatic rings. The molecule has 0 bridgehead atoms. The lowest BCUT2D eigenvalue weighted by Gasteiger charge is -2.28. The van der Waals surface area contributed by atoms with Crippen LogP contribution in [0.15, 0.2) is 24.3 Å². The SMILES string of the molecule is CCC1CCC(NC(=O)c2ccc(N)cc2)CC1. The highest BCUT2D eigenvalue weighted by atomic mass is 16.1. The summed E-state index contributed by atoms with van der Waals surface area (Å²) in [6.45, 7) is 2.25. The van der Waals surface area contributed by atoms with Gasteiger partial charge in [0.15, 0.2) is 0 Å². The highest BCUT2D eigenvalue weighted by Gasteiger charge is 2.21. The molecule has 0 spiro atoms. The summed E-state index contributed by atoms with van der Waals surface area (Å²) in [5.41, 5.74) is 7.00. The number of carbonyl (C=O) groups excluding carboxylic acids is 1. The monoisotopic (exact) mass is 246 g/mol. The van der Waals surface area contributed by atoms with Crippen LogP contribution in [0.3, 0.4) is 0 Å². The molecule has 18 heavy (non-hydrogen) atoms. The van der Waals surface area contributed by atoms with Crippen molar-refractivity contribution in [1.82, 2.24) is 5.32 Å². The van der Waals surface area contributed by atoms with Crippen LogP contribution in [-0.4, -0.2) is 11.9 Å². The Morgan fingerprint density at radius 3 is 2.39 bits per heavy atom. The lowest BCUT2D eigenvalue weighted by molar-refractivity contribution is 0.0921. The summed E-state index contributed by atoms with van der Waals surface area (Å²) < 4.78 is 0. The molecule has 0 radical (unpaired) electrons. The average Bonchev–Trinajstić information content (AvgIpc) is 2.40. The first kappa shape index (κ1) is 12.9. The van der Waals surface area contributed by atoms with Gasteiger partial charge in [0.1, 0.15) is 0 Å². The molecule has 1 amide bonds. The number of hydrogen-bond donors (Lipinski definition) is 2. The van der Waals surface area contributed by atoms with Crippen molar-refractivity contribution in [2.75, 3.05) is 5.73 Å². The quantitative estimate of drug-likeness (QED) is 0.806. The second kappa shape index (κ2) is 5.89. The fourth-order valence-electron chi connectivity index (χ4n) is 2.62. The number of carbonyl (C=O) groups is 1. The minimum absolute atomic E-state index is 0.0231. The smallest absolute Gasteiger partial charge is 0.251 e. The van der Waals surface area contributed by atoms with Gasteiger partial charge in [-0.05, 0) is 55.9 Å². The maximum Gasteiger partial charge on any atom is 0.251 e. The van der Waals surface area contributed by atoms with Gasteiger partial charge in [-0.15, -0.1) is 0 Å². The van der Waals surface area contributed by atoms with Crippen LogP contribution in [-0.2, 0) is 0 Å². The Morgan fingerprint density at radius 2 is 1.83 bits per heavy atom. The molecule has 1 saturated carbocycles. The molecular weight excluding hydrogens is 224 g/mol. The molecule has 0 heterocycles. The Balaban J connectivity index is 1.86. The lowest BCUT2D eigenvalue weighted by Crippen LogP contribution is -2.37. The standard InChI is InChI=1S/C15H22N2O/c1-2-11-3-9-14(10-4-11)17-15(18)12-5-7-13(16)8-6-12/h5-8,11,14H,2-4,9-10,16H2,1H3,(H,17,18). The van der Waals surface area contributed by atoms with Crippen LogP contribution >= 0.6 is 0 Å². The summed E-state index contributed by atoms with van der Waals surface area (Å²) in [5, 5.41) is 3.12. The fourth-order valence-corrected chi connectivity index (χ4v) is 2.62. The zero-order valence-electron chi connectivity index (χ0n) is 11.0. The highest BCUT2D eigenvalue weighted by molar-refractivity contribution is 5.94. The van der Waals surface area contributed by atoms with Crippen molar-refractivity contribution in [1.29, 1.82) is 0 Å². The number of nitrogen functional groups attached to an aromatic ring is 1. The first-order valence-electron chi connectivity index (χ1n) is 6.85. The summed E-state index contributed by atoms with van der Waals surface area (Å²) in [4.78, 5) is 12.0. The first-order chi connectivity index (χ1) is 8.69. The molecule has 0 saturated heterocycles. The number of nitrogens with one attached hydrogen (secondary N) is 1. The Hall–Kier alpha value is -1.51. The number of hydrogen-bond acceptors (Lipinski definition) is 2. The van der Waals surface area contributed by atoms with E-state index in [0.717, 1.165) is 18.8 Å². The molecule has 98 valence electrons. The van der Waals surface area contributed by atoms with E-state index in [2.05, 4.69) is 12.2 Å². The van der Waals surface area contributed by atoms with Gasteiger partial charge in [-0.2, -0.15) is 0 Å². The zero-order chi connectivity index (χ0) is 13.0. The molecule has 1 aliphatic carbocycles. The molecule has 0 aliphatic heterocycles. The van der Waals surface area contributed by atoms with E-state index in [4.69, 9.17) is 5.73 Å². The number of nitrogens with two attached hydrogens (primary N) is 1. The molecule has 1 fully saturated rings. The van der Waals surface area contributed by atoms with Gasteiger partial charge in [-0.1, -0.05) is 13.3 Å². The van der Waals surface area contributed by atoms with Crippen molar-refractivity contribution < 1.29 is 4.79 Å². The molecule has 1 aromatic carbocycles. The van der Waals surface area contributed by atoms with E-state index in [9.17, 15) is 4.79 Å². The van der Waals surface area contributed by atoms with Gasteiger partial charge < -0.3 is 11.1 Å². The van der Waals surface area contributed by atoms with Gasteiger partial charge >= 0.3 is 0 Å². The van der Waals surface area contributed by atoms with E-state index in [1.54, 1.807) is 24.3 Å². The van der Waals surface area contributed by atoms with E-state index in [1.807, 2.05) is 0 Å². The predicted octanol–water partition coefficient (Wildman–Crippen LogP) is 2.97. The van der Waals surface area contributed by atoms with E-state index in [1.165, 1.54) is 19.3 Å². The van der Waals surface area contributed by atoms with Crippen LogP contribution in [0.2, 0.25) is 0 Å². The second-order valence-electron chi connectivity index (χ2n) is 5.22. The number of anilines is 1. The Bertz CT molecular complexity index is 391. The minimum Gasteiger partial charge on any atom is -0.399 e. The fraction of sp³-hybridized carbons (Fsp3) is 0.533. The van der Waals surface area contributed by atoms with Crippen LogP contribution in [0.1, 0.15) is 49.4 Å². The molecule has 0 unspecified atom stereocenters. The van der Waals surface area contributed by atoms with Crippen molar-refractivity contribution in [3.8, 4) is 0 Å². The van der Waals surface area contributed by atoms with Crippen LogP contribution < -0.4 is 11.1 Å². The molecule has 3 heteroatoms. The predicted molar refractivity (Wildman–Crippen MR) is 74.4 cm³/mol. The first-order valence-corrected chi connectivity index (χ1v) is 6.85. The Kier molecular flexibility index (Phi) is 4.24. The molecule has 0 atom stereocenters. The Labute approximate surface area is 109 Å². The van der Waals surface area contributed by atoms with Crippen molar-refractivity contribution in [2.24, 2.45) is 5.92 Å². The third kappa shape index (κ3) is 3.25. The van der Waals surface area contributed by atoms with Crippen LogP contribution in [0.4, 0.5) is 5.69 Å². The van der Waals surface area contributed by atoms with Gasteiger partial charge in [0, 0.05) is 17.3 Å². The van der Waals surface area contributed by atoms with E-state index in [-0.39, 0.29) is 5.91 Å². The minimum atomic E-state index is 0.0231. The zero-order valence-corrected chi connectivity index (χ0v) is 11.0. The van der Waals surface area contributed by atoms with E-state index in [0.29, 0.717) is 17.3 Å². The largest absolute Gasteiger partial charge is 0.399 e. The van der Waals surface area contributed by atoms with Crippen molar-refractivity contribution >= 4 is 11.6 Å². The van der Waals surface area contributed by atoms with E-state index < -0.39 is 0 Å². The lowest BCUT2D eigenvalue weighted by atomic mass is 9.84. The number of amides is 1. The Morgan fingerprint density at radius 1 is 1.22 bits per heavy atom. The highest BCUT2D eigenvalue weighted by Crippen LogP contribution is 2.26. The van der Waals surface area contributed by atoms with Crippen LogP contribution in [0.25, 0.3) is 0 Å². The van der Waals surface area contributed by atoms with Gasteiger partial charge in [0.2, 0.25) is 0 Å². The van der Waals surface area contributed by atoms with E-state index >= 15 is 0 Å². The summed E-state index contributed by atoms with van der Waals surface area (Å²) in [7, 11) is 0. The van der Waals surface area contributed by atoms with Crippen molar-refractivity contribution in [3.05, 3.63) is 29.8 Å². The molecule has 3 N–H and O–H groups in total. The molecule has 1 aromatic rings. The third-order valence-corrected chi connectivity index (χ3v) is 3.93. The summed E-state index contributed by atoms with van der Waals surface area (Å²) in [6, 6.07) is 7.44. The number of benzene rings is 1. The van der Waals surface area contributed by atoms with Crippen molar-refractivity contribution in [3.63, 3.8) is 0 Å². The summed E-state index contributed by atoms with van der Waals surface area (Å²) in [5.74, 6) is 0.879. The van der Waals surface area contributed by atoms with Gasteiger partial charge in [0.25, 0.3) is 5.91 Å². The van der Waals surface area contributed by atoms with Crippen LogP contribution in [0.5, 0.6) is 0 Å². The normalized spacial score (nSPS) is 23.6. The molecule has 2 rings (SSSR count). The van der Waals surface area contributed by atoms with Gasteiger partial charge in [-0.3, -0.25) is 4.79 Å². The maximum atomic E-state index is 12.0. The average molecular weight is 246 g/mol. The molecule has 0 aromatic heterocycles. The van der Waals surface area contributed by atoms with Gasteiger partial charge in [0.05, 0.1) is 0 Å². The van der Waals surface area contributed by atoms with Crippen molar-refractivity contribution in [2.45, 2.75) is 45.1 Å². The van der Waals surface area contributed by atoms with Gasteiger partial charge in [-0.25, -0.2) is 0 Å². The maximum absolute atomic E-state index is 12.0. The topological polar surface area (TPSA) is 55.1 Å². The van der Waals surface area contributed by atoms with Crippen LogP contribution in [0, 0.1) is 5.92 Å². The second-order valence-corrected chi connectivity index (χ2v) is 5.22. The third-order valence-electron chi connectivity index (χ3n) is 3.93. The summed E-state index contributed by atoms with van der Waals surface area (Å²) >= 11 is 0.